The van der Waals surface area contributed by atoms with Crippen molar-refractivity contribution in [3.05, 3.63) is 0 Å². The van der Waals surface area contributed by atoms with Gasteiger partial charge in [0, 0.05) is 65.7 Å². The van der Waals surface area contributed by atoms with Gasteiger partial charge in [-0.1, -0.05) is 78.1 Å². The maximum Gasteiger partial charge on any atom is 0.325 e. The average Bonchev–Trinajstić information content (AvgIpc) is 3.53. The SMILES string of the molecule is CCCCCCCCN1C(=O)NC2(CC(C)(C)N(CC(O)CC(CCCC(=O)[O-])(CC(O)CN3C(C)(C)CC4(CC3(C)C)NC(=O)N(CCCCCCCC)C4=O)C(=O)[O-])C(C)(C)C2)C1=O. The summed E-state index contributed by atoms with van der Waals surface area (Å²) in [5.41, 5.74) is -7.15. The minimum Gasteiger partial charge on any atom is -0.550 e. The van der Waals surface area contributed by atoms with Gasteiger partial charge in [0.2, 0.25) is 0 Å². The van der Waals surface area contributed by atoms with Gasteiger partial charge in [-0.3, -0.25) is 29.2 Å². The number of β-amino-alcohol motifs (C(OH)–C–C–N with tert-alkyl or cyclic N) is 2. The molecule has 2 spiro atoms. The molecule has 2 unspecified atom stereocenters. The van der Waals surface area contributed by atoms with E-state index in [2.05, 4.69) is 34.3 Å². The number of amides is 6. The van der Waals surface area contributed by atoms with Crippen LogP contribution in [0.4, 0.5) is 9.59 Å². The van der Waals surface area contributed by atoms with E-state index in [9.17, 15) is 49.2 Å². The summed E-state index contributed by atoms with van der Waals surface area (Å²) in [4.78, 5) is 86.4. The third-order valence-corrected chi connectivity index (χ3v) is 15.3. The maximum atomic E-state index is 14.1. The van der Waals surface area contributed by atoms with Crippen LogP contribution in [-0.2, 0) is 19.2 Å². The van der Waals surface area contributed by atoms with E-state index in [1.54, 1.807) is 0 Å². The number of rotatable bonds is 27. The second-order valence-electron chi connectivity index (χ2n) is 23.2. The Morgan fingerprint density at radius 1 is 0.576 bits per heavy atom. The zero-order valence-electron chi connectivity index (χ0n) is 42.3. The summed E-state index contributed by atoms with van der Waals surface area (Å²) in [5, 5.41) is 54.9. The van der Waals surface area contributed by atoms with Gasteiger partial charge in [-0.25, -0.2) is 9.59 Å². The number of urea groups is 2. The van der Waals surface area contributed by atoms with E-state index in [0.717, 1.165) is 77.0 Å². The van der Waals surface area contributed by atoms with Crippen LogP contribution in [0.3, 0.4) is 0 Å². The van der Waals surface area contributed by atoms with Crippen LogP contribution in [0.25, 0.3) is 0 Å². The Labute approximate surface area is 395 Å². The largest absolute Gasteiger partial charge is 0.550 e. The van der Waals surface area contributed by atoms with Crippen molar-refractivity contribution in [2.75, 3.05) is 26.2 Å². The molecule has 16 heteroatoms. The Balaban J connectivity index is 1.49. The number of hydrogen-bond donors (Lipinski definition) is 4. The van der Waals surface area contributed by atoms with Crippen molar-refractivity contribution >= 4 is 35.8 Å². The van der Waals surface area contributed by atoms with Crippen LogP contribution >= 0.6 is 0 Å². The number of aliphatic hydroxyl groups is 2. The fourth-order valence-electron chi connectivity index (χ4n) is 13.0. The number of aliphatic carboxylic acids is 2. The molecule has 0 aromatic heterocycles. The van der Waals surface area contributed by atoms with Crippen LogP contribution in [-0.4, -0.2) is 137 Å². The van der Waals surface area contributed by atoms with E-state index in [0.29, 0.717) is 13.1 Å². The first-order valence-corrected chi connectivity index (χ1v) is 25.2. The highest BCUT2D eigenvalue weighted by Crippen LogP contribution is 2.49. The van der Waals surface area contributed by atoms with Gasteiger partial charge in [-0.15, -0.1) is 0 Å². The minimum absolute atomic E-state index is 0.00477. The Bertz CT molecular complexity index is 1590. The summed E-state index contributed by atoms with van der Waals surface area (Å²) in [6.45, 7) is 20.5. The van der Waals surface area contributed by atoms with Crippen LogP contribution < -0.4 is 20.8 Å². The first-order valence-electron chi connectivity index (χ1n) is 25.2. The van der Waals surface area contributed by atoms with Crippen LogP contribution in [0.2, 0.25) is 0 Å². The number of nitrogens with zero attached hydrogens (tertiary/aromatic N) is 4. The van der Waals surface area contributed by atoms with E-state index in [1.807, 2.05) is 55.4 Å². The van der Waals surface area contributed by atoms with Gasteiger partial charge in [0.1, 0.15) is 11.1 Å². The summed E-state index contributed by atoms with van der Waals surface area (Å²) in [5.74, 6) is -3.36. The topological polar surface area (TPSA) is 226 Å². The first-order chi connectivity index (χ1) is 30.6. The normalized spacial score (nSPS) is 23.8. The van der Waals surface area contributed by atoms with Gasteiger partial charge < -0.3 is 40.6 Å². The molecule has 4 aliphatic heterocycles. The summed E-state index contributed by atoms with van der Waals surface area (Å²) in [6, 6.07) is -0.801. The predicted octanol–water partition coefficient (Wildman–Crippen LogP) is 4.75. The lowest BCUT2D eigenvalue weighted by Crippen LogP contribution is -2.70. The number of imide groups is 2. The van der Waals surface area contributed by atoms with Crippen molar-refractivity contribution in [3.8, 4) is 0 Å². The van der Waals surface area contributed by atoms with Crippen LogP contribution in [0.15, 0.2) is 0 Å². The average molecular weight is 931 g/mol. The minimum atomic E-state index is -1.84. The Hall–Kier alpha value is -3.34. The molecule has 0 aliphatic carbocycles. The summed E-state index contributed by atoms with van der Waals surface area (Å²) in [6.07, 6.45) is 9.34. The van der Waals surface area contributed by atoms with Crippen molar-refractivity contribution in [2.45, 2.75) is 250 Å². The molecular weight excluding hydrogens is 845 g/mol. The molecule has 4 aliphatic rings. The molecule has 4 heterocycles. The molecule has 4 saturated heterocycles. The zero-order valence-corrected chi connectivity index (χ0v) is 42.3. The molecule has 4 N–H and O–H groups in total. The van der Waals surface area contributed by atoms with E-state index < -0.39 is 81.3 Å². The standard InChI is InChI=1S/C50H88N6O10/c1-11-13-15-17-19-21-26-53-39(61)49(51-42(53)65)32-44(3,4)55(45(5,6)33-49)30-36(57)28-48(41(63)64,25-23-24-38(59)60)29-37(58)31-56-46(7,8)34-50(35-47(56,9)10)40(62)54(43(66)52-50)27-22-20-18-16-14-12-2/h36-37,57-58H,11-35H2,1-10H3,(H,51,65)(H,52,66)(H,59,60)(H,63,64)/p-2. The molecule has 6 amide bonds. The number of carbonyl (C=O) groups excluding carboxylic acids is 6. The molecule has 0 aromatic rings. The lowest BCUT2D eigenvalue weighted by Gasteiger charge is -2.58. The van der Waals surface area contributed by atoms with Gasteiger partial charge >= 0.3 is 12.1 Å². The van der Waals surface area contributed by atoms with E-state index in [1.165, 1.54) is 9.80 Å². The maximum absolute atomic E-state index is 14.1. The van der Waals surface area contributed by atoms with E-state index in [-0.39, 0.29) is 76.3 Å². The molecular formula is C50H86N6O10-2. The van der Waals surface area contributed by atoms with Crippen molar-refractivity contribution in [1.29, 1.82) is 0 Å². The molecule has 4 fully saturated rings. The Kier molecular flexibility index (Phi) is 18.4. The highest BCUT2D eigenvalue weighted by atomic mass is 16.4. The molecule has 0 bridgehead atoms. The zero-order chi connectivity index (χ0) is 49.5. The highest BCUT2D eigenvalue weighted by molar-refractivity contribution is 6.08. The molecule has 4 rings (SSSR count). The van der Waals surface area contributed by atoms with Gasteiger partial charge in [0.05, 0.1) is 12.2 Å². The Morgan fingerprint density at radius 2 is 0.909 bits per heavy atom. The second-order valence-corrected chi connectivity index (χ2v) is 23.2. The smallest absolute Gasteiger partial charge is 0.325 e. The van der Waals surface area contributed by atoms with E-state index in [4.69, 9.17) is 0 Å². The number of nitrogens with one attached hydrogen (secondary N) is 2. The number of hydrogen-bond acceptors (Lipinski definition) is 12. The number of aliphatic hydroxyl groups excluding tert-OH is 2. The third-order valence-electron chi connectivity index (χ3n) is 15.3. The van der Waals surface area contributed by atoms with E-state index >= 15 is 0 Å². The van der Waals surface area contributed by atoms with Gasteiger partial charge in [-0.05, 0) is 126 Å². The van der Waals surface area contributed by atoms with Gasteiger partial charge in [-0.2, -0.15) is 0 Å². The highest BCUT2D eigenvalue weighted by Gasteiger charge is 2.63. The quantitative estimate of drug-likeness (QED) is 0.0647. The number of carbonyl (C=O) groups is 6. The number of likely N-dealkylation sites (tertiary alicyclic amines) is 2. The van der Waals surface area contributed by atoms with Crippen LogP contribution in [0.1, 0.15) is 204 Å². The predicted molar refractivity (Wildman–Crippen MR) is 248 cm³/mol. The van der Waals surface area contributed by atoms with Crippen molar-refractivity contribution in [3.63, 3.8) is 0 Å². The summed E-state index contributed by atoms with van der Waals surface area (Å²) >= 11 is 0. The second kappa shape index (κ2) is 22.0. The fourth-order valence-corrected chi connectivity index (χ4v) is 13.0. The number of carboxylic acids is 2. The van der Waals surface area contributed by atoms with Crippen molar-refractivity contribution in [2.24, 2.45) is 5.41 Å². The molecule has 378 valence electrons. The van der Waals surface area contributed by atoms with Crippen LogP contribution in [0.5, 0.6) is 0 Å². The molecule has 66 heavy (non-hydrogen) atoms. The first kappa shape index (κ1) is 55.3. The molecule has 0 radical (unpaired) electrons. The molecule has 0 aromatic carbocycles. The lowest BCUT2D eigenvalue weighted by molar-refractivity contribution is -0.323. The number of carboxylic acid groups (broad SMARTS) is 2. The third kappa shape index (κ3) is 12.8. The monoisotopic (exact) mass is 931 g/mol. The lowest BCUT2D eigenvalue weighted by atomic mass is 9.67. The molecule has 2 atom stereocenters. The summed E-state index contributed by atoms with van der Waals surface area (Å²) < 4.78 is 0. The van der Waals surface area contributed by atoms with Crippen molar-refractivity contribution in [1.82, 2.24) is 30.2 Å². The molecule has 16 nitrogen and oxygen atoms in total. The van der Waals surface area contributed by atoms with Gasteiger partial charge in [0.25, 0.3) is 11.8 Å². The number of unbranched alkanes of at least 4 members (excludes halogenated alkanes) is 10. The summed E-state index contributed by atoms with van der Waals surface area (Å²) in [7, 11) is 0. The van der Waals surface area contributed by atoms with Gasteiger partial charge in [0.15, 0.2) is 0 Å². The number of piperidine rings is 2. The molecule has 0 saturated carbocycles. The Morgan fingerprint density at radius 3 is 1.23 bits per heavy atom. The van der Waals surface area contributed by atoms with Crippen molar-refractivity contribution < 1.29 is 49.2 Å². The van der Waals surface area contributed by atoms with Crippen LogP contribution in [0, 0.1) is 5.41 Å². The fraction of sp³-hybridized carbons (Fsp3) is 0.880.